The van der Waals surface area contributed by atoms with Crippen LogP contribution in [0.15, 0.2) is 35.2 Å². The minimum Gasteiger partial charge on any atom is -0.478 e. The Morgan fingerprint density at radius 1 is 0.931 bits per heavy atom. The van der Waals surface area contributed by atoms with Gasteiger partial charge in [0, 0.05) is 18.8 Å². The van der Waals surface area contributed by atoms with E-state index in [9.17, 15) is 18.3 Å². The topological polar surface area (TPSA) is 86.7 Å². The molecule has 7 heteroatoms. The second kappa shape index (κ2) is 8.45. The number of sulfonamides is 1. The summed E-state index contributed by atoms with van der Waals surface area (Å²) in [5.74, 6) is -1.06. The zero-order chi connectivity index (χ0) is 21.2. The maximum Gasteiger partial charge on any atom is 0.337 e. The Morgan fingerprint density at radius 2 is 1.55 bits per heavy atom. The number of aryl methyl sites for hydroxylation is 3. The molecule has 1 aliphatic rings. The Bertz CT molecular complexity index is 1020. The number of aromatic carboxylic acids is 1. The molecule has 0 radical (unpaired) electrons. The quantitative estimate of drug-likeness (QED) is 0.750. The number of benzene rings is 2. The first-order valence-electron chi connectivity index (χ1n) is 9.92. The molecule has 29 heavy (non-hydrogen) atoms. The summed E-state index contributed by atoms with van der Waals surface area (Å²) in [6.07, 6.45) is 4.34. The van der Waals surface area contributed by atoms with E-state index >= 15 is 0 Å². The summed E-state index contributed by atoms with van der Waals surface area (Å²) >= 11 is 0. The number of carboxylic acid groups (broad SMARTS) is 1. The van der Waals surface area contributed by atoms with Gasteiger partial charge < -0.3 is 10.0 Å². The van der Waals surface area contributed by atoms with Gasteiger partial charge in [-0.15, -0.1) is 0 Å². The van der Waals surface area contributed by atoms with Crippen LogP contribution in [0.5, 0.6) is 0 Å². The van der Waals surface area contributed by atoms with Crippen LogP contribution >= 0.6 is 0 Å². The van der Waals surface area contributed by atoms with Gasteiger partial charge in [-0.3, -0.25) is 4.72 Å². The zero-order valence-electron chi connectivity index (χ0n) is 17.2. The van der Waals surface area contributed by atoms with Crippen molar-refractivity contribution in [2.75, 3.05) is 22.7 Å². The molecule has 0 bridgehead atoms. The summed E-state index contributed by atoms with van der Waals surface area (Å²) in [5.41, 5.74) is 3.57. The normalized spacial score (nSPS) is 15.1. The van der Waals surface area contributed by atoms with E-state index in [4.69, 9.17) is 0 Å². The molecule has 1 fully saturated rings. The Kier molecular flexibility index (Phi) is 6.17. The van der Waals surface area contributed by atoms with Crippen LogP contribution in [0, 0.1) is 20.8 Å². The standard InChI is InChI=1S/C22H28N2O4S/c1-15-12-17(3)21(13-16(15)2)29(27,28)23-18-8-9-20(19(14-18)22(25)26)24-10-6-4-5-7-11-24/h8-9,12-14,23H,4-7,10-11H2,1-3H3,(H,25,26). The third-order valence-electron chi connectivity index (χ3n) is 5.51. The zero-order valence-corrected chi connectivity index (χ0v) is 18.0. The maximum atomic E-state index is 12.9. The highest BCUT2D eigenvalue weighted by Crippen LogP contribution is 2.29. The summed E-state index contributed by atoms with van der Waals surface area (Å²) in [6.45, 7) is 7.19. The van der Waals surface area contributed by atoms with Crippen molar-refractivity contribution in [1.29, 1.82) is 0 Å². The van der Waals surface area contributed by atoms with E-state index in [1.54, 1.807) is 25.1 Å². The van der Waals surface area contributed by atoms with E-state index in [-0.39, 0.29) is 16.1 Å². The van der Waals surface area contributed by atoms with E-state index in [0.717, 1.165) is 49.9 Å². The minimum atomic E-state index is -3.83. The van der Waals surface area contributed by atoms with Crippen molar-refractivity contribution < 1.29 is 18.3 Å². The number of hydrogen-bond donors (Lipinski definition) is 2. The highest BCUT2D eigenvalue weighted by atomic mass is 32.2. The smallest absolute Gasteiger partial charge is 0.337 e. The molecule has 1 aliphatic heterocycles. The van der Waals surface area contributed by atoms with Crippen molar-refractivity contribution >= 4 is 27.4 Å². The van der Waals surface area contributed by atoms with Gasteiger partial charge in [0.15, 0.2) is 0 Å². The highest BCUT2D eigenvalue weighted by Gasteiger charge is 2.22. The van der Waals surface area contributed by atoms with Gasteiger partial charge in [-0.2, -0.15) is 0 Å². The lowest BCUT2D eigenvalue weighted by molar-refractivity contribution is 0.0697. The fourth-order valence-corrected chi connectivity index (χ4v) is 5.15. The molecule has 0 spiro atoms. The molecule has 1 saturated heterocycles. The Hall–Kier alpha value is -2.54. The predicted molar refractivity (Wildman–Crippen MR) is 116 cm³/mol. The Balaban J connectivity index is 1.94. The molecular formula is C22H28N2O4S. The van der Waals surface area contributed by atoms with Crippen LogP contribution in [0.25, 0.3) is 0 Å². The molecule has 0 aromatic heterocycles. The largest absolute Gasteiger partial charge is 0.478 e. The number of anilines is 2. The van der Waals surface area contributed by atoms with Crippen LogP contribution in [-0.2, 0) is 10.0 Å². The molecule has 2 aromatic rings. The SMILES string of the molecule is Cc1cc(C)c(S(=O)(=O)Nc2ccc(N3CCCCCC3)c(C(=O)O)c2)cc1C. The molecular weight excluding hydrogens is 388 g/mol. The van der Waals surface area contributed by atoms with E-state index in [1.807, 2.05) is 19.9 Å². The number of hydrogen-bond acceptors (Lipinski definition) is 4. The van der Waals surface area contributed by atoms with Crippen molar-refractivity contribution in [2.24, 2.45) is 0 Å². The molecule has 6 nitrogen and oxygen atoms in total. The molecule has 2 N–H and O–H groups in total. The van der Waals surface area contributed by atoms with Gasteiger partial charge in [-0.1, -0.05) is 18.9 Å². The lowest BCUT2D eigenvalue weighted by atomic mass is 10.1. The van der Waals surface area contributed by atoms with Crippen molar-refractivity contribution in [3.8, 4) is 0 Å². The van der Waals surface area contributed by atoms with E-state index in [2.05, 4.69) is 9.62 Å². The van der Waals surface area contributed by atoms with Crippen molar-refractivity contribution in [3.05, 3.63) is 52.6 Å². The second-order valence-electron chi connectivity index (χ2n) is 7.75. The minimum absolute atomic E-state index is 0.115. The van der Waals surface area contributed by atoms with Gasteiger partial charge in [0.05, 0.1) is 16.1 Å². The van der Waals surface area contributed by atoms with E-state index in [1.165, 1.54) is 6.07 Å². The van der Waals surface area contributed by atoms with Crippen LogP contribution in [-0.4, -0.2) is 32.6 Å². The average molecular weight is 417 g/mol. The molecule has 0 atom stereocenters. The number of nitrogens with zero attached hydrogens (tertiary/aromatic N) is 1. The fraction of sp³-hybridized carbons (Fsp3) is 0.409. The van der Waals surface area contributed by atoms with Gasteiger partial charge in [-0.25, -0.2) is 13.2 Å². The molecule has 2 aromatic carbocycles. The molecule has 3 rings (SSSR count). The molecule has 1 heterocycles. The van der Waals surface area contributed by atoms with Gasteiger partial charge in [0.25, 0.3) is 10.0 Å². The Labute approximate surface area is 172 Å². The second-order valence-corrected chi connectivity index (χ2v) is 9.40. The summed E-state index contributed by atoms with van der Waals surface area (Å²) in [7, 11) is -3.83. The van der Waals surface area contributed by atoms with Crippen LogP contribution < -0.4 is 9.62 Å². The highest BCUT2D eigenvalue weighted by molar-refractivity contribution is 7.92. The fourth-order valence-electron chi connectivity index (χ4n) is 3.79. The summed E-state index contributed by atoms with van der Waals surface area (Å²) < 4.78 is 28.4. The Morgan fingerprint density at radius 3 is 2.17 bits per heavy atom. The number of nitrogens with one attached hydrogen (secondary N) is 1. The number of carboxylic acids is 1. The lowest BCUT2D eigenvalue weighted by Gasteiger charge is -2.25. The first-order chi connectivity index (χ1) is 13.7. The molecule has 0 amide bonds. The van der Waals surface area contributed by atoms with E-state index < -0.39 is 16.0 Å². The number of carbonyl (C=O) groups is 1. The summed E-state index contributed by atoms with van der Waals surface area (Å²) in [4.78, 5) is 14.2. The van der Waals surface area contributed by atoms with Crippen molar-refractivity contribution in [1.82, 2.24) is 0 Å². The van der Waals surface area contributed by atoms with Crippen LogP contribution in [0.2, 0.25) is 0 Å². The number of rotatable bonds is 5. The van der Waals surface area contributed by atoms with Gasteiger partial charge in [-0.05, 0) is 74.6 Å². The van der Waals surface area contributed by atoms with Gasteiger partial charge in [0.2, 0.25) is 0 Å². The average Bonchev–Trinajstić information content (AvgIpc) is 2.93. The van der Waals surface area contributed by atoms with E-state index in [0.29, 0.717) is 11.3 Å². The first-order valence-corrected chi connectivity index (χ1v) is 11.4. The molecule has 0 saturated carbocycles. The third-order valence-corrected chi connectivity index (χ3v) is 7.03. The predicted octanol–water partition coefficient (Wildman–Crippen LogP) is 4.49. The monoisotopic (exact) mass is 416 g/mol. The summed E-state index contributed by atoms with van der Waals surface area (Å²) in [5, 5.41) is 9.71. The van der Waals surface area contributed by atoms with Crippen LogP contribution in [0.1, 0.15) is 52.7 Å². The third kappa shape index (κ3) is 4.72. The van der Waals surface area contributed by atoms with Gasteiger partial charge >= 0.3 is 5.97 Å². The van der Waals surface area contributed by atoms with Crippen LogP contribution in [0.4, 0.5) is 11.4 Å². The summed E-state index contributed by atoms with van der Waals surface area (Å²) in [6, 6.07) is 8.25. The molecule has 0 unspecified atom stereocenters. The molecule has 0 aliphatic carbocycles. The van der Waals surface area contributed by atoms with Crippen molar-refractivity contribution in [3.63, 3.8) is 0 Å². The molecule has 156 valence electrons. The van der Waals surface area contributed by atoms with Crippen molar-refractivity contribution in [2.45, 2.75) is 51.3 Å². The maximum absolute atomic E-state index is 12.9. The first kappa shape index (κ1) is 21.2. The van der Waals surface area contributed by atoms with Gasteiger partial charge in [0.1, 0.15) is 0 Å². The lowest BCUT2D eigenvalue weighted by Crippen LogP contribution is -2.26. The van der Waals surface area contributed by atoms with Crippen LogP contribution in [0.3, 0.4) is 0 Å².